The molecule has 1 heterocycles. The number of hydrogen-bond acceptors (Lipinski definition) is 5. The third kappa shape index (κ3) is 6.77. The molecule has 0 aromatic carbocycles. The van der Waals surface area contributed by atoms with Gasteiger partial charge in [-0.15, -0.1) is 0 Å². The molecule has 1 atom stereocenters. The van der Waals surface area contributed by atoms with E-state index in [1.807, 2.05) is 20.8 Å². The van der Waals surface area contributed by atoms with Crippen molar-refractivity contribution in [2.24, 2.45) is 5.92 Å². The minimum atomic E-state index is -3.37. The van der Waals surface area contributed by atoms with Gasteiger partial charge < -0.3 is 9.64 Å². The zero-order valence-corrected chi connectivity index (χ0v) is 12.8. The van der Waals surface area contributed by atoms with Crippen LogP contribution < -0.4 is 0 Å². The summed E-state index contributed by atoms with van der Waals surface area (Å²) in [4.78, 5) is 13.5. The second kappa shape index (κ2) is 6.09. The lowest BCUT2D eigenvalue weighted by Crippen LogP contribution is -2.35. The van der Waals surface area contributed by atoms with Crippen molar-refractivity contribution in [3.8, 4) is 0 Å². The lowest BCUT2D eigenvalue weighted by molar-refractivity contribution is 0.0286. The summed E-state index contributed by atoms with van der Waals surface area (Å²) in [6.07, 6.45) is 2.21. The van der Waals surface area contributed by atoms with E-state index in [-0.39, 0.29) is 18.6 Å². The van der Waals surface area contributed by atoms with Crippen LogP contribution in [0.5, 0.6) is 0 Å². The highest BCUT2D eigenvalue weighted by molar-refractivity contribution is 7.85. The summed E-state index contributed by atoms with van der Waals surface area (Å²) in [6, 6.07) is 0. The van der Waals surface area contributed by atoms with Crippen molar-refractivity contribution in [2.45, 2.75) is 39.2 Å². The first-order valence-corrected chi connectivity index (χ1v) is 8.21. The number of carbonyl (C=O) groups excluding carboxylic acids is 1. The van der Waals surface area contributed by atoms with Crippen molar-refractivity contribution >= 4 is 16.2 Å². The molecule has 0 aliphatic carbocycles. The molecule has 1 fully saturated rings. The lowest BCUT2D eigenvalue weighted by Gasteiger charge is -2.24. The van der Waals surface area contributed by atoms with Gasteiger partial charge in [-0.3, -0.25) is 4.18 Å². The highest BCUT2D eigenvalue weighted by Gasteiger charge is 2.29. The van der Waals surface area contributed by atoms with Gasteiger partial charge >= 0.3 is 6.09 Å². The van der Waals surface area contributed by atoms with E-state index < -0.39 is 15.7 Å². The number of rotatable bonds is 4. The first kappa shape index (κ1) is 16.2. The molecule has 0 saturated carbocycles. The highest BCUT2D eigenvalue weighted by atomic mass is 32.2. The molecule has 1 saturated heterocycles. The van der Waals surface area contributed by atoms with E-state index in [2.05, 4.69) is 0 Å². The summed E-state index contributed by atoms with van der Waals surface area (Å²) in [5, 5.41) is 0. The second-order valence-corrected chi connectivity index (χ2v) is 7.54. The molecule has 0 N–H and O–H groups in total. The fourth-order valence-corrected chi connectivity index (χ4v) is 2.33. The molecular weight excluding hydrogens is 270 g/mol. The molecule has 7 heteroatoms. The van der Waals surface area contributed by atoms with Crippen LogP contribution in [0.25, 0.3) is 0 Å². The average molecular weight is 293 g/mol. The van der Waals surface area contributed by atoms with E-state index in [0.717, 1.165) is 12.7 Å². The Morgan fingerprint density at radius 2 is 2.00 bits per heavy atom. The molecule has 19 heavy (non-hydrogen) atoms. The molecule has 0 bridgehead atoms. The van der Waals surface area contributed by atoms with Crippen molar-refractivity contribution in [1.82, 2.24) is 4.90 Å². The maximum atomic E-state index is 11.8. The lowest BCUT2D eigenvalue weighted by atomic mass is 10.1. The molecule has 0 spiro atoms. The van der Waals surface area contributed by atoms with Gasteiger partial charge in [-0.2, -0.15) is 8.42 Å². The molecule has 6 nitrogen and oxygen atoms in total. The molecule has 112 valence electrons. The van der Waals surface area contributed by atoms with E-state index in [1.165, 1.54) is 0 Å². The summed E-state index contributed by atoms with van der Waals surface area (Å²) < 4.78 is 31.6. The second-order valence-electron chi connectivity index (χ2n) is 5.90. The van der Waals surface area contributed by atoms with E-state index in [0.29, 0.717) is 19.5 Å². The molecule has 0 aromatic heterocycles. The Balaban J connectivity index is 2.32. The fourth-order valence-electron chi connectivity index (χ4n) is 1.93. The number of hydrogen-bond donors (Lipinski definition) is 0. The number of carbonyl (C=O) groups is 1. The highest BCUT2D eigenvalue weighted by Crippen LogP contribution is 2.22. The SMILES string of the molecule is CC(C)(C)OC(=O)N1CC[C@H](CCOS(C)(=O)=O)C1. The standard InChI is InChI=1S/C12H23NO5S/c1-12(2,3)18-11(14)13-7-5-10(9-13)6-8-17-19(4,15)16/h10H,5-9H2,1-4H3/t10-/m1/s1. The van der Waals surface area contributed by atoms with E-state index in [1.54, 1.807) is 4.90 Å². The van der Waals surface area contributed by atoms with Crippen LogP contribution in [-0.2, 0) is 19.0 Å². The first-order chi connectivity index (χ1) is 8.57. The maximum Gasteiger partial charge on any atom is 0.410 e. The van der Waals surface area contributed by atoms with Gasteiger partial charge in [-0.1, -0.05) is 0 Å². The van der Waals surface area contributed by atoms with Crippen molar-refractivity contribution in [3.63, 3.8) is 0 Å². The molecule has 0 aromatic rings. The number of ether oxygens (including phenoxy) is 1. The molecule has 1 aliphatic heterocycles. The van der Waals surface area contributed by atoms with Gasteiger partial charge in [-0.05, 0) is 39.5 Å². The Labute approximate surface area is 115 Å². The van der Waals surface area contributed by atoms with Crippen LogP contribution in [-0.4, -0.2) is 51.0 Å². The summed E-state index contributed by atoms with van der Waals surface area (Å²) in [5.74, 6) is 0.272. The zero-order valence-electron chi connectivity index (χ0n) is 12.0. The quantitative estimate of drug-likeness (QED) is 0.736. The van der Waals surface area contributed by atoms with Crippen molar-refractivity contribution in [3.05, 3.63) is 0 Å². The van der Waals surface area contributed by atoms with Crippen LogP contribution in [0.15, 0.2) is 0 Å². The topological polar surface area (TPSA) is 72.9 Å². The van der Waals surface area contributed by atoms with Crippen LogP contribution in [0.1, 0.15) is 33.6 Å². The number of nitrogens with zero attached hydrogens (tertiary/aromatic N) is 1. The largest absolute Gasteiger partial charge is 0.444 e. The molecular formula is C12H23NO5S. The maximum absolute atomic E-state index is 11.8. The van der Waals surface area contributed by atoms with Crippen LogP contribution in [0.4, 0.5) is 4.79 Å². The number of likely N-dealkylation sites (tertiary alicyclic amines) is 1. The monoisotopic (exact) mass is 293 g/mol. The van der Waals surface area contributed by atoms with Gasteiger partial charge in [0.05, 0.1) is 12.9 Å². The third-order valence-corrected chi connectivity index (χ3v) is 3.36. The van der Waals surface area contributed by atoms with Crippen LogP contribution in [0, 0.1) is 5.92 Å². The van der Waals surface area contributed by atoms with E-state index in [4.69, 9.17) is 8.92 Å². The predicted octanol–water partition coefficient (Wildman–Crippen LogP) is 1.61. The number of amides is 1. The van der Waals surface area contributed by atoms with Crippen LogP contribution in [0.2, 0.25) is 0 Å². The van der Waals surface area contributed by atoms with Gasteiger partial charge in [0, 0.05) is 13.1 Å². The van der Waals surface area contributed by atoms with Gasteiger partial charge in [0.2, 0.25) is 0 Å². The summed E-state index contributed by atoms with van der Waals surface area (Å²) in [7, 11) is -3.37. The van der Waals surface area contributed by atoms with Crippen LogP contribution in [0.3, 0.4) is 0 Å². The Hall–Kier alpha value is -0.820. The van der Waals surface area contributed by atoms with Gasteiger partial charge in [0.25, 0.3) is 10.1 Å². The molecule has 0 radical (unpaired) electrons. The van der Waals surface area contributed by atoms with Gasteiger partial charge in [0.15, 0.2) is 0 Å². The van der Waals surface area contributed by atoms with E-state index in [9.17, 15) is 13.2 Å². The molecule has 1 amide bonds. The Morgan fingerprint density at radius 3 is 2.53 bits per heavy atom. The van der Waals surface area contributed by atoms with Crippen molar-refractivity contribution in [2.75, 3.05) is 26.0 Å². The average Bonchev–Trinajstić information content (AvgIpc) is 2.61. The molecule has 1 aliphatic rings. The minimum Gasteiger partial charge on any atom is -0.444 e. The van der Waals surface area contributed by atoms with Crippen molar-refractivity contribution < 1.29 is 22.1 Å². The molecule has 0 unspecified atom stereocenters. The summed E-state index contributed by atoms with van der Waals surface area (Å²) in [6.45, 7) is 6.92. The zero-order chi connectivity index (χ0) is 14.7. The normalized spacial score (nSPS) is 20.6. The first-order valence-electron chi connectivity index (χ1n) is 6.39. The van der Waals surface area contributed by atoms with Crippen molar-refractivity contribution in [1.29, 1.82) is 0 Å². The van der Waals surface area contributed by atoms with Crippen LogP contribution >= 0.6 is 0 Å². The smallest absolute Gasteiger partial charge is 0.410 e. The Kier molecular flexibility index (Phi) is 5.20. The Bertz CT molecular complexity index is 412. The van der Waals surface area contributed by atoms with Gasteiger partial charge in [0.1, 0.15) is 5.60 Å². The fraction of sp³-hybridized carbons (Fsp3) is 0.917. The predicted molar refractivity (Wildman–Crippen MR) is 71.3 cm³/mol. The minimum absolute atomic E-state index is 0.172. The molecule has 1 rings (SSSR count). The third-order valence-electron chi connectivity index (χ3n) is 2.76. The Morgan fingerprint density at radius 1 is 1.37 bits per heavy atom. The van der Waals surface area contributed by atoms with E-state index >= 15 is 0 Å². The van der Waals surface area contributed by atoms with Gasteiger partial charge in [-0.25, -0.2) is 4.79 Å². The summed E-state index contributed by atoms with van der Waals surface area (Å²) in [5.41, 5.74) is -0.491. The summed E-state index contributed by atoms with van der Waals surface area (Å²) >= 11 is 0.